The highest BCUT2D eigenvalue weighted by molar-refractivity contribution is 5.39. The summed E-state index contributed by atoms with van der Waals surface area (Å²) in [6, 6.07) is 6.84. The van der Waals surface area contributed by atoms with Gasteiger partial charge in [-0.15, -0.1) is 0 Å². The summed E-state index contributed by atoms with van der Waals surface area (Å²) in [4.78, 5) is 0. The topological polar surface area (TPSA) is 30.5 Å². The molecule has 1 aromatic rings. The first-order valence-electron chi connectivity index (χ1n) is 8.20. The van der Waals surface area contributed by atoms with E-state index in [4.69, 9.17) is 9.47 Å². The van der Waals surface area contributed by atoms with Gasteiger partial charge in [-0.3, -0.25) is 0 Å². The molecule has 1 aliphatic carbocycles. The number of rotatable bonds is 8. The molecule has 0 radical (unpaired) electrons. The second-order valence-electron chi connectivity index (χ2n) is 5.97. The minimum absolute atomic E-state index is 0.360. The molecule has 1 atom stereocenters. The zero-order chi connectivity index (χ0) is 15.2. The molecule has 3 heteroatoms. The molecule has 1 aromatic carbocycles. The Morgan fingerprint density at radius 2 is 2.00 bits per heavy atom. The minimum atomic E-state index is 0.360. The van der Waals surface area contributed by atoms with E-state index in [0.717, 1.165) is 24.7 Å². The van der Waals surface area contributed by atoms with Crippen LogP contribution in [0.4, 0.5) is 0 Å². The monoisotopic (exact) mass is 291 g/mol. The molecule has 0 aromatic heterocycles. The average Bonchev–Trinajstić information content (AvgIpc) is 2.44. The van der Waals surface area contributed by atoms with Crippen LogP contribution in [-0.2, 0) is 4.74 Å². The Balaban J connectivity index is 2.02. The Labute approximate surface area is 129 Å². The Bertz CT molecular complexity index is 441. The van der Waals surface area contributed by atoms with Gasteiger partial charge in [-0.2, -0.15) is 0 Å². The predicted molar refractivity (Wildman–Crippen MR) is 86.9 cm³/mol. The van der Waals surface area contributed by atoms with Crippen LogP contribution in [0.2, 0.25) is 0 Å². The van der Waals surface area contributed by atoms with Crippen molar-refractivity contribution in [3.63, 3.8) is 0 Å². The van der Waals surface area contributed by atoms with Crippen molar-refractivity contribution in [1.82, 2.24) is 5.32 Å². The van der Waals surface area contributed by atoms with Crippen LogP contribution in [0.15, 0.2) is 18.2 Å². The summed E-state index contributed by atoms with van der Waals surface area (Å²) in [6.45, 7) is 7.80. The van der Waals surface area contributed by atoms with Crippen molar-refractivity contribution >= 4 is 0 Å². The van der Waals surface area contributed by atoms with Crippen LogP contribution >= 0.6 is 0 Å². The molecule has 0 amide bonds. The van der Waals surface area contributed by atoms with Gasteiger partial charge in [0.15, 0.2) is 0 Å². The van der Waals surface area contributed by atoms with E-state index < -0.39 is 0 Å². The van der Waals surface area contributed by atoms with Gasteiger partial charge in [0, 0.05) is 18.2 Å². The molecular weight excluding hydrogens is 262 g/mol. The van der Waals surface area contributed by atoms with Gasteiger partial charge < -0.3 is 14.8 Å². The Morgan fingerprint density at radius 3 is 2.62 bits per heavy atom. The molecule has 0 aliphatic heterocycles. The zero-order valence-corrected chi connectivity index (χ0v) is 13.8. The lowest BCUT2D eigenvalue weighted by atomic mass is 9.77. The van der Waals surface area contributed by atoms with Crippen molar-refractivity contribution in [2.45, 2.75) is 52.2 Å². The van der Waals surface area contributed by atoms with Gasteiger partial charge in [-0.25, -0.2) is 0 Å². The quantitative estimate of drug-likeness (QED) is 0.789. The van der Waals surface area contributed by atoms with Gasteiger partial charge in [0.1, 0.15) is 5.75 Å². The van der Waals surface area contributed by atoms with Gasteiger partial charge in [-0.1, -0.05) is 17.7 Å². The van der Waals surface area contributed by atoms with Crippen molar-refractivity contribution in [3.8, 4) is 5.75 Å². The molecule has 2 rings (SSSR count). The second kappa shape index (κ2) is 7.81. The summed E-state index contributed by atoms with van der Waals surface area (Å²) in [7, 11) is 2.04. The second-order valence-corrected chi connectivity index (χ2v) is 5.97. The number of benzene rings is 1. The number of hydrogen-bond acceptors (Lipinski definition) is 3. The van der Waals surface area contributed by atoms with Crippen LogP contribution < -0.4 is 10.1 Å². The molecule has 1 N–H and O–H groups in total. The predicted octanol–water partition coefficient (Wildman–Crippen LogP) is 3.86. The van der Waals surface area contributed by atoms with Crippen LogP contribution in [0.5, 0.6) is 5.75 Å². The summed E-state index contributed by atoms with van der Waals surface area (Å²) in [5, 5.41) is 3.47. The first-order chi connectivity index (χ1) is 10.2. The normalized spacial score (nSPS) is 22.7. The van der Waals surface area contributed by atoms with Crippen molar-refractivity contribution in [2.24, 2.45) is 5.92 Å². The van der Waals surface area contributed by atoms with Crippen molar-refractivity contribution < 1.29 is 9.47 Å². The Hall–Kier alpha value is -1.06. The summed E-state index contributed by atoms with van der Waals surface area (Å²) in [6.07, 6.45) is 4.04. The van der Waals surface area contributed by atoms with Crippen LogP contribution in [0.25, 0.3) is 0 Å². The fourth-order valence-corrected chi connectivity index (χ4v) is 3.20. The maximum Gasteiger partial charge on any atom is 0.124 e. The molecule has 0 heterocycles. The molecular formula is C18H29NO2. The highest BCUT2D eigenvalue weighted by Crippen LogP contribution is 2.39. The number of ether oxygens (including phenoxy) is 2. The number of nitrogens with one attached hydrogen (secondary N) is 1. The fourth-order valence-electron chi connectivity index (χ4n) is 3.20. The molecule has 118 valence electrons. The summed E-state index contributed by atoms with van der Waals surface area (Å²) in [5.41, 5.74) is 2.58. The maximum atomic E-state index is 5.80. The van der Waals surface area contributed by atoms with Gasteiger partial charge in [0.25, 0.3) is 0 Å². The molecule has 3 nitrogen and oxygen atoms in total. The fraction of sp³-hybridized carbons (Fsp3) is 0.667. The van der Waals surface area contributed by atoms with Crippen molar-refractivity contribution in [2.75, 3.05) is 20.3 Å². The van der Waals surface area contributed by atoms with E-state index in [1.165, 1.54) is 24.0 Å². The van der Waals surface area contributed by atoms with E-state index in [-0.39, 0.29) is 0 Å². The summed E-state index contributed by atoms with van der Waals surface area (Å²) >= 11 is 0. The van der Waals surface area contributed by atoms with Crippen LogP contribution in [0.1, 0.15) is 50.3 Å². The third-order valence-corrected chi connectivity index (χ3v) is 4.35. The first-order valence-corrected chi connectivity index (χ1v) is 8.20. The summed E-state index contributed by atoms with van der Waals surface area (Å²) < 4.78 is 11.5. The van der Waals surface area contributed by atoms with Crippen LogP contribution in [0, 0.1) is 12.8 Å². The molecule has 1 unspecified atom stereocenters. The van der Waals surface area contributed by atoms with E-state index in [0.29, 0.717) is 18.8 Å². The van der Waals surface area contributed by atoms with E-state index in [9.17, 15) is 0 Å². The van der Waals surface area contributed by atoms with Gasteiger partial charge in [0.2, 0.25) is 0 Å². The van der Waals surface area contributed by atoms with Crippen LogP contribution in [0.3, 0.4) is 0 Å². The lowest BCUT2D eigenvalue weighted by Crippen LogP contribution is -2.34. The largest absolute Gasteiger partial charge is 0.494 e. The van der Waals surface area contributed by atoms with Crippen molar-refractivity contribution in [3.05, 3.63) is 29.3 Å². The SMILES string of the molecule is CCOc1ccc(C)cc1C(CC1CC(OCC)C1)NC. The summed E-state index contributed by atoms with van der Waals surface area (Å²) in [5.74, 6) is 1.78. The minimum Gasteiger partial charge on any atom is -0.494 e. The lowest BCUT2D eigenvalue weighted by molar-refractivity contribution is -0.0290. The molecule has 21 heavy (non-hydrogen) atoms. The lowest BCUT2D eigenvalue weighted by Gasteiger charge is -2.37. The van der Waals surface area contributed by atoms with Gasteiger partial charge >= 0.3 is 0 Å². The van der Waals surface area contributed by atoms with E-state index in [1.54, 1.807) is 0 Å². The third kappa shape index (κ3) is 4.21. The highest BCUT2D eigenvalue weighted by Gasteiger charge is 2.32. The van der Waals surface area contributed by atoms with E-state index in [1.807, 2.05) is 14.0 Å². The van der Waals surface area contributed by atoms with E-state index >= 15 is 0 Å². The smallest absolute Gasteiger partial charge is 0.124 e. The van der Waals surface area contributed by atoms with Crippen molar-refractivity contribution in [1.29, 1.82) is 0 Å². The standard InChI is InChI=1S/C18H29NO2/c1-5-20-15-10-14(11-15)12-17(19-4)16-9-13(3)7-8-18(16)21-6-2/h7-9,14-15,17,19H,5-6,10-12H2,1-4H3. The molecule has 1 saturated carbocycles. The molecule has 0 spiro atoms. The first kappa shape index (κ1) is 16.3. The van der Waals surface area contributed by atoms with E-state index in [2.05, 4.69) is 37.4 Å². The maximum absolute atomic E-state index is 5.80. The Kier molecular flexibility index (Phi) is 6.07. The Morgan fingerprint density at radius 1 is 1.24 bits per heavy atom. The van der Waals surface area contributed by atoms with Crippen LogP contribution in [-0.4, -0.2) is 26.4 Å². The highest BCUT2D eigenvalue weighted by atomic mass is 16.5. The molecule has 1 fully saturated rings. The van der Waals surface area contributed by atoms with Gasteiger partial charge in [0.05, 0.1) is 12.7 Å². The van der Waals surface area contributed by atoms with Gasteiger partial charge in [-0.05, 0) is 59.1 Å². The average molecular weight is 291 g/mol. The zero-order valence-electron chi connectivity index (χ0n) is 13.8. The number of aryl methyl sites for hydroxylation is 1. The molecule has 0 bridgehead atoms. The molecule has 1 aliphatic rings. The number of hydrogen-bond donors (Lipinski definition) is 1. The molecule has 0 saturated heterocycles. The third-order valence-electron chi connectivity index (χ3n) is 4.35.